The Morgan fingerprint density at radius 2 is 2.22 bits per heavy atom. The Hall–Kier alpha value is -1.52. The van der Waals surface area contributed by atoms with Crippen molar-refractivity contribution in [1.29, 1.82) is 0 Å². The Morgan fingerprint density at radius 3 is 3.04 bits per heavy atom. The molecule has 1 atom stereocenters. The normalized spacial score (nSPS) is 21.2. The molecule has 2 aliphatic rings. The Kier molecular flexibility index (Phi) is 4.04. The second-order valence-corrected chi connectivity index (χ2v) is 6.89. The summed E-state index contributed by atoms with van der Waals surface area (Å²) in [5, 5.41) is 9.25. The fraction of sp³-hybridized carbons (Fsp3) is 0.500. The van der Waals surface area contributed by atoms with Crippen LogP contribution >= 0.6 is 11.6 Å². The van der Waals surface area contributed by atoms with Crippen LogP contribution in [-0.2, 0) is 6.42 Å². The SMILES string of the molecule is CCN1CCCC(c2nn(-c3ccccc3Cl)c3c2CCN3)C1. The molecule has 23 heavy (non-hydrogen) atoms. The molecule has 0 spiro atoms. The number of halogens is 1. The molecular weight excluding hydrogens is 308 g/mol. The number of para-hydroxylation sites is 1. The van der Waals surface area contributed by atoms with Crippen LogP contribution in [0.2, 0.25) is 5.02 Å². The number of rotatable bonds is 3. The number of hydrogen-bond acceptors (Lipinski definition) is 3. The monoisotopic (exact) mass is 330 g/mol. The molecule has 0 radical (unpaired) electrons. The largest absolute Gasteiger partial charge is 0.369 e. The van der Waals surface area contributed by atoms with Crippen LogP contribution in [0.15, 0.2) is 24.3 Å². The molecule has 2 aromatic rings. The highest BCUT2D eigenvalue weighted by Gasteiger charge is 2.30. The first kappa shape index (κ1) is 15.0. The topological polar surface area (TPSA) is 33.1 Å². The number of benzene rings is 1. The number of aromatic nitrogens is 2. The molecule has 2 aliphatic heterocycles. The van der Waals surface area contributed by atoms with Gasteiger partial charge in [-0.1, -0.05) is 30.7 Å². The van der Waals surface area contributed by atoms with E-state index in [1.165, 1.54) is 30.6 Å². The van der Waals surface area contributed by atoms with Crippen molar-refractivity contribution in [2.45, 2.75) is 32.1 Å². The predicted molar refractivity (Wildman–Crippen MR) is 94.9 cm³/mol. The summed E-state index contributed by atoms with van der Waals surface area (Å²) in [5.74, 6) is 1.68. The van der Waals surface area contributed by atoms with Crippen molar-refractivity contribution in [3.05, 3.63) is 40.5 Å². The number of nitrogens with one attached hydrogen (secondary N) is 1. The molecule has 4 nitrogen and oxygen atoms in total. The van der Waals surface area contributed by atoms with Crippen LogP contribution in [0.5, 0.6) is 0 Å². The van der Waals surface area contributed by atoms with Crippen LogP contribution in [0.3, 0.4) is 0 Å². The van der Waals surface area contributed by atoms with Gasteiger partial charge in [0.25, 0.3) is 0 Å². The number of likely N-dealkylation sites (N-methyl/N-ethyl adjacent to an activating group) is 1. The van der Waals surface area contributed by atoms with Gasteiger partial charge in [0.05, 0.1) is 16.4 Å². The van der Waals surface area contributed by atoms with Gasteiger partial charge < -0.3 is 10.2 Å². The Labute approximate surface area is 142 Å². The lowest BCUT2D eigenvalue weighted by atomic mass is 9.92. The molecule has 1 saturated heterocycles. The Bertz CT molecular complexity index is 709. The average molecular weight is 331 g/mol. The summed E-state index contributed by atoms with van der Waals surface area (Å²) in [4.78, 5) is 2.54. The van der Waals surface area contributed by atoms with Crippen molar-refractivity contribution >= 4 is 17.4 Å². The molecular formula is C18H23ClN4. The van der Waals surface area contributed by atoms with Gasteiger partial charge in [-0.3, -0.25) is 0 Å². The van der Waals surface area contributed by atoms with Gasteiger partial charge in [0.1, 0.15) is 5.82 Å². The van der Waals surface area contributed by atoms with Gasteiger partial charge in [0, 0.05) is 24.6 Å². The zero-order valence-corrected chi connectivity index (χ0v) is 14.3. The fourth-order valence-corrected chi connectivity index (χ4v) is 4.11. The van der Waals surface area contributed by atoms with E-state index >= 15 is 0 Å². The maximum Gasteiger partial charge on any atom is 0.133 e. The number of likely N-dealkylation sites (tertiary alicyclic amines) is 1. The van der Waals surface area contributed by atoms with Crippen molar-refractivity contribution in [3.63, 3.8) is 0 Å². The summed E-state index contributed by atoms with van der Waals surface area (Å²) in [5.41, 5.74) is 3.64. The molecule has 0 saturated carbocycles. The second kappa shape index (κ2) is 6.17. The maximum absolute atomic E-state index is 6.40. The molecule has 1 unspecified atom stereocenters. The minimum Gasteiger partial charge on any atom is -0.369 e. The number of anilines is 1. The van der Waals surface area contributed by atoms with E-state index in [2.05, 4.69) is 17.1 Å². The number of fused-ring (bicyclic) bond motifs is 1. The van der Waals surface area contributed by atoms with Gasteiger partial charge in [0.15, 0.2) is 0 Å². The lowest BCUT2D eigenvalue weighted by Gasteiger charge is -2.31. The molecule has 4 rings (SSSR count). The lowest BCUT2D eigenvalue weighted by Crippen LogP contribution is -2.34. The maximum atomic E-state index is 6.40. The van der Waals surface area contributed by atoms with Gasteiger partial charge >= 0.3 is 0 Å². The van der Waals surface area contributed by atoms with E-state index in [9.17, 15) is 0 Å². The summed E-state index contributed by atoms with van der Waals surface area (Å²) in [6.07, 6.45) is 3.57. The number of hydrogen-bond donors (Lipinski definition) is 1. The number of nitrogens with zero attached hydrogens (tertiary/aromatic N) is 3. The highest BCUT2D eigenvalue weighted by Crippen LogP contribution is 2.37. The quantitative estimate of drug-likeness (QED) is 0.931. The van der Waals surface area contributed by atoms with Crippen molar-refractivity contribution < 1.29 is 0 Å². The summed E-state index contributed by atoms with van der Waals surface area (Å²) in [7, 11) is 0. The van der Waals surface area contributed by atoms with Crippen molar-refractivity contribution in [3.8, 4) is 5.69 Å². The van der Waals surface area contributed by atoms with Crippen LogP contribution in [0.4, 0.5) is 5.82 Å². The molecule has 1 N–H and O–H groups in total. The third-order valence-electron chi connectivity index (χ3n) is 5.10. The van der Waals surface area contributed by atoms with E-state index in [0.717, 1.165) is 42.6 Å². The standard InChI is InChI=1S/C18H23ClN4/c1-2-22-11-5-6-13(12-22)17-14-9-10-20-18(14)23(21-17)16-8-4-3-7-15(16)19/h3-4,7-8,13,20H,2,5-6,9-12H2,1H3. The zero-order chi connectivity index (χ0) is 15.8. The predicted octanol–water partition coefficient (Wildman–Crippen LogP) is 3.69. The number of piperidine rings is 1. The van der Waals surface area contributed by atoms with Gasteiger partial charge in [-0.25, -0.2) is 4.68 Å². The molecule has 0 bridgehead atoms. The summed E-state index contributed by atoms with van der Waals surface area (Å²) in [6, 6.07) is 7.95. The van der Waals surface area contributed by atoms with Gasteiger partial charge in [-0.15, -0.1) is 0 Å². The zero-order valence-electron chi connectivity index (χ0n) is 13.6. The molecule has 0 aliphatic carbocycles. The Balaban J connectivity index is 1.75. The average Bonchev–Trinajstić information content (AvgIpc) is 3.18. The molecule has 1 aromatic carbocycles. The van der Waals surface area contributed by atoms with Crippen molar-refractivity contribution in [2.24, 2.45) is 0 Å². The first-order valence-corrected chi connectivity index (χ1v) is 8.98. The van der Waals surface area contributed by atoms with E-state index in [-0.39, 0.29) is 0 Å². The van der Waals surface area contributed by atoms with Crippen LogP contribution in [-0.4, -0.2) is 40.9 Å². The highest BCUT2D eigenvalue weighted by molar-refractivity contribution is 6.32. The van der Waals surface area contributed by atoms with E-state index in [1.807, 2.05) is 28.9 Å². The first-order valence-electron chi connectivity index (χ1n) is 8.61. The molecule has 1 fully saturated rings. The third kappa shape index (κ3) is 2.64. The lowest BCUT2D eigenvalue weighted by molar-refractivity contribution is 0.215. The van der Waals surface area contributed by atoms with Gasteiger partial charge in [-0.05, 0) is 44.5 Å². The summed E-state index contributed by atoms with van der Waals surface area (Å²) in [6.45, 7) is 6.72. The molecule has 1 aromatic heterocycles. The van der Waals surface area contributed by atoms with Crippen molar-refractivity contribution in [2.75, 3.05) is 31.5 Å². The molecule has 122 valence electrons. The second-order valence-electron chi connectivity index (χ2n) is 6.48. The highest BCUT2D eigenvalue weighted by atomic mass is 35.5. The summed E-state index contributed by atoms with van der Waals surface area (Å²) >= 11 is 6.40. The molecule has 3 heterocycles. The van der Waals surface area contributed by atoms with Crippen LogP contribution in [0.1, 0.15) is 36.9 Å². The van der Waals surface area contributed by atoms with E-state index < -0.39 is 0 Å². The minimum atomic E-state index is 0.543. The van der Waals surface area contributed by atoms with Crippen LogP contribution in [0.25, 0.3) is 5.69 Å². The fourth-order valence-electron chi connectivity index (χ4n) is 3.89. The van der Waals surface area contributed by atoms with E-state index in [1.54, 1.807) is 0 Å². The van der Waals surface area contributed by atoms with Crippen LogP contribution in [0, 0.1) is 0 Å². The van der Waals surface area contributed by atoms with Gasteiger partial charge in [0.2, 0.25) is 0 Å². The summed E-state index contributed by atoms with van der Waals surface area (Å²) < 4.78 is 2.02. The van der Waals surface area contributed by atoms with Crippen LogP contribution < -0.4 is 5.32 Å². The van der Waals surface area contributed by atoms with Crippen molar-refractivity contribution in [1.82, 2.24) is 14.7 Å². The smallest absolute Gasteiger partial charge is 0.133 e. The first-order chi connectivity index (χ1) is 11.3. The minimum absolute atomic E-state index is 0.543. The third-order valence-corrected chi connectivity index (χ3v) is 5.42. The van der Waals surface area contributed by atoms with E-state index in [0.29, 0.717) is 5.92 Å². The van der Waals surface area contributed by atoms with Gasteiger partial charge in [-0.2, -0.15) is 5.10 Å². The van der Waals surface area contributed by atoms with E-state index in [4.69, 9.17) is 16.7 Å². The molecule has 0 amide bonds. The molecule has 5 heteroatoms. The Morgan fingerprint density at radius 1 is 1.35 bits per heavy atom.